The second-order valence-corrected chi connectivity index (χ2v) is 6.05. The summed E-state index contributed by atoms with van der Waals surface area (Å²) in [5.74, 6) is -3.73. The Balaban J connectivity index is 2.48. The first-order chi connectivity index (χ1) is 10.2. The number of phenolic OH excluding ortho intramolecular Hbond substituents is 2. The van der Waals surface area contributed by atoms with Gasteiger partial charge in [-0.15, -0.1) is 0 Å². The number of carbonyl (C=O) groups is 1. The lowest BCUT2D eigenvalue weighted by Crippen LogP contribution is -2.10. The number of carboxylic acids is 1. The molecule has 7 nitrogen and oxygen atoms in total. The van der Waals surface area contributed by atoms with Crippen molar-refractivity contribution in [2.45, 2.75) is 11.8 Å². The van der Waals surface area contributed by atoms with Crippen LogP contribution in [0.15, 0.2) is 41.3 Å². The summed E-state index contributed by atoms with van der Waals surface area (Å²) < 4.78 is 29.0. The topological polar surface area (TPSA) is 121 Å². The molecule has 116 valence electrons. The number of aromatic carboxylic acids is 1. The Morgan fingerprint density at radius 1 is 1.14 bits per heavy atom. The minimum absolute atomic E-state index is 0.160. The smallest absolute Gasteiger partial charge is 0.339 e. The van der Waals surface area contributed by atoms with E-state index in [-0.39, 0.29) is 4.90 Å². The van der Waals surface area contributed by atoms with Crippen LogP contribution in [0.2, 0.25) is 0 Å². The fourth-order valence-electron chi connectivity index (χ4n) is 1.72. The second kappa shape index (κ2) is 5.57. The first-order valence-electron chi connectivity index (χ1n) is 6.01. The maximum atomic E-state index is 12.1. The molecule has 0 unspecified atom stereocenters. The fraction of sp³-hybridized carbons (Fsp3) is 0.0714. The molecule has 0 fully saturated rings. The Hall–Kier alpha value is -2.74. The van der Waals surface area contributed by atoms with Gasteiger partial charge < -0.3 is 19.5 Å². The molecule has 2 aromatic carbocycles. The Kier molecular flexibility index (Phi) is 3.96. The van der Waals surface area contributed by atoms with Gasteiger partial charge in [0.2, 0.25) is 5.75 Å². The SMILES string of the molecule is Cc1cccc(S(=O)(=O)Oc2cc(C(=O)O)cc(O)c2O)c1. The maximum Gasteiger partial charge on any atom is 0.339 e. The van der Waals surface area contributed by atoms with E-state index >= 15 is 0 Å². The summed E-state index contributed by atoms with van der Waals surface area (Å²) in [7, 11) is -4.28. The number of rotatable bonds is 4. The quantitative estimate of drug-likeness (QED) is 0.580. The van der Waals surface area contributed by atoms with Crippen LogP contribution in [0.5, 0.6) is 17.2 Å². The van der Waals surface area contributed by atoms with Crippen LogP contribution in [-0.4, -0.2) is 29.7 Å². The van der Waals surface area contributed by atoms with Crippen LogP contribution in [0.25, 0.3) is 0 Å². The van der Waals surface area contributed by atoms with Gasteiger partial charge in [-0.3, -0.25) is 0 Å². The van der Waals surface area contributed by atoms with Crippen LogP contribution in [0, 0.1) is 6.92 Å². The number of phenols is 2. The Morgan fingerprint density at radius 2 is 1.82 bits per heavy atom. The highest BCUT2D eigenvalue weighted by Gasteiger charge is 2.22. The van der Waals surface area contributed by atoms with E-state index in [1.165, 1.54) is 18.2 Å². The minimum Gasteiger partial charge on any atom is -0.504 e. The summed E-state index contributed by atoms with van der Waals surface area (Å²) in [6, 6.07) is 7.44. The van der Waals surface area contributed by atoms with Crippen LogP contribution >= 0.6 is 0 Å². The molecule has 0 amide bonds. The van der Waals surface area contributed by atoms with E-state index in [1.807, 2.05) is 0 Å². The zero-order valence-corrected chi connectivity index (χ0v) is 12.2. The predicted octanol–water partition coefficient (Wildman–Crippen LogP) is 1.87. The molecule has 2 rings (SSSR count). The summed E-state index contributed by atoms with van der Waals surface area (Å²) in [6.45, 7) is 1.69. The van der Waals surface area contributed by atoms with Gasteiger partial charge in [0.15, 0.2) is 11.5 Å². The molecule has 22 heavy (non-hydrogen) atoms. The molecule has 3 N–H and O–H groups in total. The van der Waals surface area contributed by atoms with E-state index in [2.05, 4.69) is 0 Å². The van der Waals surface area contributed by atoms with Gasteiger partial charge in [0.25, 0.3) is 0 Å². The molecule has 2 aromatic rings. The third-order valence-electron chi connectivity index (χ3n) is 2.78. The predicted molar refractivity (Wildman–Crippen MR) is 75.7 cm³/mol. The van der Waals surface area contributed by atoms with Crippen molar-refractivity contribution >= 4 is 16.1 Å². The van der Waals surface area contributed by atoms with E-state index in [0.717, 1.165) is 12.1 Å². The number of carboxylic acid groups (broad SMARTS) is 1. The zero-order chi connectivity index (χ0) is 16.5. The standard InChI is InChI=1S/C14H12O7S/c1-8-3-2-4-10(5-8)22(19,20)21-12-7-9(14(17)18)6-11(15)13(12)16/h2-7,15-16H,1H3,(H,17,18). The molecule has 8 heteroatoms. The van der Waals surface area contributed by atoms with Crippen molar-refractivity contribution in [3.63, 3.8) is 0 Å². The lowest BCUT2D eigenvalue weighted by molar-refractivity contribution is 0.0696. The van der Waals surface area contributed by atoms with E-state index in [4.69, 9.17) is 9.29 Å². The van der Waals surface area contributed by atoms with Gasteiger partial charge in [-0.05, 0) is 30.7 Å². The minimum atomic E-state index is -4.28. The number of hydrogen-bond acceptors (Lipinski definition) is 6. The van der Waals surface area contributed by atoms with Crippen LogP contribution < -0.4 is 4.18 Å². The molecule has 0 aromatic heterocycles. The van der Waals surface area contributed by atoms with Crippen molar-refractivity contribution in [1.82, 2.24) is 0 Å². The molecule has 0 saturated heterocycles. The third-order valence-corrected chi connectivity index (χ3v) is 4.01. The van der Waals surface area contributed by atoms with E-state index in [9.17, 15) is 23.4 Å². The van der Waals surface area contributed by atoms with E-state index < -0.39 is 38.9 Å². The molecule has 0 aliphatic rings. The van der Waals surface area contributed by atoms with Crippen molar-refractivity contribution in [2.24, 2.45) is 0 Å². The lowest BCUT2D eigenvalue weighted by atomic mass is 10.2. The van der Waals surface area contributed by atoms with Crippen molar-refractivity contribution in [2.75, 3.05) is 0 Å². The molecular weight excluding hydrogens is 312 g/mol. The zero-order valence-electron chi connectivity index (χ0n) is 11.3. The summed E-state index contributed by atoms with van der Waals surface area (Å²) in [6.07, 6.45) is 0. The monoisotopic (exact) mass is 324 g/mol. The highest BCUT2D eigenvalue weighted by molar-refractivity contribution is 7.87. The fourth-order valence-corrected chi connectivity index (χ4v) is 2.75. The largest absolute Gasteiger partial charge is 0.504 e. The van der Waals surface area contributed by atoms with Crippen LogP contribution in [0.1, 0.15) is 15.9 Å². The average Bonchev–Trinajstić information content (AvgIpc) is 2.43. The molecule has 0 radical (unpaired) electrons. The maximum absolute atomic E-state index is 12.1. The van der Waals surface area contributed by atoms with Gasteiger partial charge in [-0.25, -0.2) is 4.79 Å². The van der Waals surface area contributed by atoms with Gasteiger partial charge >= 0.3 is 16.1 Å². The summed E-state index contributed by atoms with van der Waals surface area (Å²) >= 11 is 0. The van der Waals surface area contributed by atoms with Crippen molar-refractivity contribution in [1.29, 1.82) is 0 Å². The highest BCUT2D eigenvalue weighted by Crippen LogP contribution is 2.38. The van der Waals surface area contributed by atoms with Crippen LogP contribution in [-0.2, 0) is 10.1 Å². The van der Waals surface area contributed by atoms with Gasteiger partial charge in [0, 0.05) is 6.07 Å². The number of benzene rings is 2. The highest BCUT2D eigenvalue weighted by atomic mass is 32.2. The summed E-state index contributed by atoms with van der Waals surface area (Å²) in [5.41, 5.74) is 0.251. The molecule has 0 bridgehead atoms. The van der Waals surface area contributed by atoms with Gasteiger partial charge in [-0.1, -0.05) is 12.1 Å². The van der Waals surface area contributed by atoms with Crippen molar-refractivity contribution < 1.29 is 32.7 Å². The first kappa shape index (κ1) is 15.6. The van der Waals surface area contributed by atoms with E-state index in [1.54, 1.807) is 13.0 Å². The number of hydrogen-bond donors (Lipinski definition) is 3. The van der Waals surface area contributed by atoms with Crippen LogP contribution in [0.4, 0.5) is 0 Å². The average molecular weight is 324 g/mol. The molecule has 0 aliphatic carbocycles. The molecule has 0 atom stereocenters. The number of aromatic hydroxyl groups is 2. The van der Waals surface area contributed by atoms with E-state index in [0.29, 0.717) is 5.56 Å². The summed E-state index contributed by atoms with van der Waals surface area (Å²) in [5, 5.41) is 28.0. The Labute approximate surface area is 126 Å². The molecule has 0 aliphatic heterocycles. The van der Waals surface area contributed by atoms with Gasteiger partial charge in [0.1, 0.15) is 4.90 Å². The molecular formula is C14H12O7S. The Morgan fingerprint density at radius 3 is 2.41 bits per heavy atom. The molecule has 0 saturated carbocycles. The second-order valence-electron chi connectivity index (χ2n) is 4.50. The lowest BCUT2D eigenvalue weighted by Gasteiger charge is -2.10. The van der Waals surface area contributed by atoms with Crippen molar-refractivity contribution in [3.05, 3.63) is 47.5 Å². The summed E-state index contributed by atoms with van der Waals surface area (Å²) in [4.78, 5) is 10.7. The third kappa shape index (κ3) is 3.12. The normalized spacial score (nSPS) is 11.1. The van der Waals surface area contributed by atoms with Crippen molar-refractivity contribution in [3.8, 4) is 17.2 Å². The molecule has 0 heterocycles. The van der Waals surface area contributed by atoms with Crippen LogP contribution in [0.3, 0.4) is 0 Å². The van der Waals surface area contributed by atoms with Gasteiger partial charge in [0.05, 0.1) is 5.56 Å². The Bertz CT molecular complexity index is 840. The van der Waals surface area contributed by atoms with Gasteiger partial charge in [-0.2, -0.15) is 8.42 Å². The first-order valence-corrected chi connectivity index (χ1v) is 7.42. The molecule has 0 spiro atoms. The number of aryl methyl sites for hydroxylation is 1.